The first-order chi connectivity index (χ1) is 7.97. The second-order valence-corrected chi connectivity index (χ2v) is 5.30. The third kappa shape index (κ3) is 2.55. The van der Waals surface area contributed by atoms with Gasteiger partial charge >= 0.3 is 0 Å². The van der Waals surface area contributed by atoms with Crippen molar-refractivity contribution in [2.24, 2.45) is 5.92 Å². The van der Waals surface area contributed by atoms with E-state index < -0.39 is 0 Å². The van der Waals surface area contributed by atoms with Crippen LogP contribution < -0.4 is 10.6 Å². The predicted molar refractivity (Wildman–Crippen MR) is 71.7 cm³/mol. The number of hydrogen-bond acceptors (Lipinski definition) is 2. The van der Waals surface area contributed by atoms with Gasteiger partial charge < -0.3 is 10.6 Å². The van der Waals surface area contributed by atoms with Gasteiger partial charge in [0.2, 0.25) is 5.91 Å². The van der Waals surface area contributed by atoms with Gasteiger partial charge in [-0.25, -0.2) is 0 Å². The normalized spacial score (nSPS) is 15.7. The Balaban J connectivity index is 2.25. The van der Waals surface area contributed by atoms with Crippen molar-refractivity contribution in [1.29, 1.82) is 0 Å². The summed E-state index contributed by atoms with van der Waals surface area (Å²) in [5.74, 6) is 0.559. The molecule has 0 bridgehead atoms. The zero-order chi connectivity index (χ0) is 12.6. The van der Waals surface area contributed by atoms with Crippen molar-refractivity contribution in [3.05, 3.63) is 22.7 Å². The summed E-state index contributed by atoms with van der Waals surface area (Å²) in [7, 11) is 0. The van der Waals surface area contributed by atoms with Gasteiger partial charge in [-0.15, -0.1) is 0 Å². The molecule has 1 atom stereocenters. The van der Waals surface area contributed by atoms with Crippen LogP contribution >= 0.6 is 11.6 Å². The lowest BCUT2D eigenvalue weighted by Crippen LogP contribution is -2.21. The Morgan fingerprint density at radius 2 is 2.06 bits per heavy atom. The predicted octanol–water partition coefficient (Wildman–Crippen LogP) is 3.29. The monoisotopic (exact) mass is 252 g/mol. The lowest BCUT2D eigenvalue weighted by Gasteiger charge is -2.20. The number of carbonyl (C=O) groups excluding carboxylic acids is 1. The summed E-state index contributed by atoms with van der Waals surface area (Å²) in [6, 6.07) is 4.13. The number of amides is 1. The van der Waals surface area contributed by atoms with Crippen molar-refractivity contribution in [1.82, 2.24) is 0 Å². The van der Waals surface area contributed by atoms with Crippen LogP contribution in [-0.4, -0.2) is 11.9 Å². The van der Waals surface area contributed by atoms with E-state index in [1.165, 1.54) is 0 Å². The van der Waals surface area contributed by atoms with Crippen LogP contribution in [0.3, 0.4) is 0 Å². The van der Waals surface area contributed by atoms with E-state index in [0.717, 1.165) is 16.9 Å². The van der Waals surface area contributed by atoms with Gasteiger partial charge in [0.1, 0.15) is 0 Å². The Bertz CT molecular complexity index is 457. The highest BCUT2D eigenvalue weighted by Crippen LogP contribution is 2.33. The summed E-state index contributed by atoms with van der Waals surface area (Å²) in [5.41, 5.74) is 2.75. The van der Waals surface area contributed by atoms with Gasteiger partial charge in [0.15, 0.2) is 0 Å². The second-order valence-electron chi connectivity index (χ2n) is 4.89. The Hall–Kier alpha value is -1.22. The van der Waals surface area contributed by atoms with Crippen molar-refractivity contribution in [2.75, 3.05) is 10.6 Å². The molecule has 2 rings (SSSR count). The molecular formula is C13H17ClN2O. The van der Waals surface area contributed by atoms with E-state index in [9.17, 15) is 4.79 Å². The molecule has 3 nitrogen and oxygen atoms in total. The van der Waals surface area contributed by atoms with E-state index in [2.05, 4.69) is 31.4 Å². The van der Waals surface area contributed by atoms with E-state index in [4.69, 9.17) is 11.6 Å². The number of hydrogen-bond donors (Lipinski definition) is 2. The molecule has 1 heterocycles. The van der Waals surface area contributed by atoms with E-state index in [1.54, 1.807) is 0 Å². The minimum Gasteiger partial charge on any atom is -0.381 e. The molecule has 0 fully saturated rings. The molecule has 1 aliphatic heterocycles. The average molecular weight is 253 g/mol. The summed E-state index contributed by atoms with van der Waals surface area (Å²) in [6.07, 6.45) is 0.442. The highest BCUT2D eigenvalue weighted by Gasteiger charge is 2.20. The second kappa shape index (κ2) is 4.57. The van der Waals surface area contributed by atoms with E-state index in [1.807, 2.05) is 12.1 Å². The van der Waals surface area contributed by atoms with Gasteiger partial charge in [-0.2, -0.15) is 0 Å². The number of carbonyl (C=O) groups is 1. The molecule has 1 aromatic carbocycles. The van der Waals surface area contributed by atoms with Gasteiger partial charge in [0.25, 0.3) is 0 Å². The van der Waals surface area contributed by atoms with Crippen LogP contribution in [0, 0.1) is 5.92 Å². The molecular weight excluding hydrogens is 236 g/mol. The van der Waals surface area contributed by atoms with Crippen LogP contribution in [0.4, 0.5) is 11.4 Å². The first kappa shape index (κ1) is 12.2. The molecule has 92 valence electrons. The van der Waals surface area contributed by atoms with Gasteiger partial charge in [-0.3, -0.25) is 4.79 Å². The molecule has 0 spiro atoms. The Morgan fingerprint density at radius 3 is 2.71 bits per heavy atom. The molecule has 0 saturated heterocycles. The highest BCUT2D eigenvalue weighted by molar-refractivity contribution is 6.33. The quantitative estimate of drug-likeness (QED) is 0.867. The van der Waals surface area contributed by atoms with Crippen LogP contribution in [0.5, 0.6) is 0 Å². The number of fused-ring (bicyclic) bond motifs is 1. The lowest BCUT2D eigenvalue weighted by atomic mass is 10.1. The Labute approximate surface area is 107 Å². The summed E-state index contributed by atoms with van der Waals surface area (Å²) in [4.78, 5) is 11.3. The molecule has 1 amide bonds. The van der Waals surface area contributed by atoms with Crippen LogP contribution in [0.2, 0.25) is 5.02 Å². The maximum Gasteiger partial charge on any atom is 0.228 e. The van der Waals surface area contributed by atoms with Gasteiger partial charge in [-0.05, 0) is 30.5 Å². The zero-order valence-electron chi connectivity index (χ0n) is 10.3. The average Bonchev–Trinajstić information content (AvgIpc) is 2.57. The number of halogens is 1. The highest BCUT2D eigenvalue weighted by atomic mass is 35.5. The SMILES string of the molecule is CC(C)C(C)Nc1cc2c(cc1Cl)NC(=O)C2. The Morgan fingerprint density at radius 1 is 1.35 bits per heavy atom. The summed E-state index contributed by atoms with van der Waals surface area (Å²) in [6.45, 7) is 6.44. The summed E-state index contributed by atoms with van der Waals surface area (Å²) < 4.78 is 0. The maximum absolute atomic E-state index is 11.3. The van der Waals surface area contributed by atoms with Gasteiger partial charge in [0, 0.05) is 11.7 Å². The first-order valence-corrected chi connectivity index (χ1v) is 6.24. The van der Waals surface area contributed by atoms with Crippen LogP contribution in [0.15, 0.2) is 12.1 Å². The maximum atomic E-state index is 11.3. The molecule has 0 saturated carbocycles. The van der Waals surface area contributed by atoms with Crippen LogP contribution in [0.1, 0.15) is 26.3 Å². The van der Waals surface area contributed by atoms with Crippen molar-refractivity contribution in [3.8, 4) is 0 Å². The van der Waals surface area contributed by atoms with Crippen molar-refractivity contribution >= 4 is 28.9 Å². The standard InChI is InChI=1S/C13H17ClN2O/c1-7(2)8(3)15-12-4-9-5-13(17)16-11(9)6-10(12)14/h4,6-8,15H,5H2,1-3H3,(H,16,17). The molecule has 1 aliphatic rings. The fourth-order valence-electron chi connectivity index (χ4n) is 1.77. The van der Waals surface area contributed by atoms with Crippen LogP contribution in [-0.2, 0) is 11.2 Å². The third-order valence-corrected chi connectivity index (χ3v) is 3.51. The lowest BCUT2D eigenvalue weighted by molar-refractivity contribution is -0.115. The van der Waals surface area contributed by atoms with Crippen molar-refractivity contribution in [3.63, 3.8) is 0 Å². The number of benzene rings is 1. The third-order valence-electron chi connectivity index (χ3n) is 3.20. The first-order valence-electron chi connectivity index (χ1n) is 5.86. The minimum absolute atomic E-state index is 0.0325. The van der Waals surface area contributed by atoms with E-state index in [0.29, 0.717) is 23.4 Å². The van der Waals surface area contributed by atoms with Crippen LogP contribution in [0.25, 0.3) is 0 Å². The molecule has 0 aromatic heterocycles. The molecule has 0 radical (unpaired) electrons. The van der Waals surface area contributed by atoms with E-state index in [-0.39, 0.29) is 5.91 Å². The number of rotatable bonds is 3. The van der Waals surface area contributed by atoms with Crippen molar-refractivity contribution < 1.29 is 4.79 Å². The molecule has 1 unspecified atom stereocenters. The molecule has 1 aromatic rings. The topological polar surface area (TPSA) is 41.1 Å². The number of nitrogens with one attached hydrogen (secondary N) is 2. The number of anilines is 2. The molecule has 17 heavy (non-hydrogen) atoms. The fraction of sp³-hybridized carbons (Fsp3) is 0.462. The van der Waals surface area contributed by atoms with E-state index >= 15 is 0 Å². The summed E-state index contributed by atoms with van der Waals surface area (Å²) >= 11 is 6.19. The molecule has 4 heteroatoms. The minimum atomic E-state index is 0.0325. The Kier molecular flexibility index (Phi) is 3.29. The molecule has 2 N–H and O–H groups in total. The smallest absolute Gasteiger partial charge is 0.228 e. The largest absolute Gasteiger partial charge is 0.381 e. The molecule has 0 aliphatic carbocycles. The summed E-state index contributed by atoms with van der Waals surface area (Å²) in [5, 5.41) is 6.82. The van der Waals surface area contributed by atoms with Crippen molar-refractivity contribution in [2.45, 2.75) is 33.2 Å². The van der Waals surface area contributed by atoms with Gasteiger partial charge in [0.05, 0.1) is 17.1 Å². The van der Waals surface area contributed by atoms with Gasteiger partial charge in [-0.1, -0.05) is 25.4 Å². The fourth-order valence-corrected chi connectivity index (χ4v) is 1.99. The zero-order valence-corrected chi connectivity index (χ0v) is 11.1.